The van der Waals surface area contributed by atoms with Crippen LogP contribution in [0.5, 0.6) is 0 Å². The number of hydrogen-bond donors (Lipinski definition) is 0. The van der Waals surface area contributed by atoms with Crippen LogP contribution in [-0.4, -0.2) is 32.3 Å². The second kappa shape index (κ2) is 8.17. The lowest BCUT2D eigenvalue weighted by molar-refractivity contribution is 0.0633. The van der Waals surface area contributed by atoms with Crippen LogP contribution in [0, 0.1) is 0 Å². The van der Waals surface area contributed by atoms with Gasteiger partial charge in [0.05, 0.1) is 16.5 Å². The van der Waals surface area contributed by atoms with E-state index in [9.17, 15) is 9.59 Å². The number of hydrogen-bond acceptors (Lipinski definition) is 3. The van der Waals surface area contributed by atoms with Crippen molar-refractivity contribution in [3.8, 4) is 0 Å². The van der Waals surface area contributed by atoms with Crippen LogP contribution >= 0.6 is 34.4 Å². The van der Waals surface area contributed by atoms with E-state index < -0.39 is 0 Å². The van der Waals surface area contributed by atoms with Crippen LogP contribution in [0.25, 0.3) is 0 Å². The fourth-order valence-corrected chi connectivity index (χ4v) is 4.34. The highest BCUT2D eigenvalue weighted by Gasteiger charge is 2.39. The molecular weight excluding hydrogens is 397 g/mol. The van der Waals surface area contributed by atoms with E-state index in [2.05, 4.69) is 29.5 Å². The lowest BCUT2D eigenvalue weighted by atomic mass is 10.1. The minimum atomic E-state index is -0.129. The SMILES string of the molecule is CCCC(SCCCCI)N1C(=O)c2ccccc2C1=O. The van der Waals surface area contributed by atoms with Gasteiger partial charge in [0.1, 0.15) is 0 Å². The van der Waals surface area contributed by atoms with E-state index >= 15 is 0 Å². The average molecular weight is 417 g/mol. The Morgan fingerprint density at radius 1 is 1.14 bits per heavy atom. The van der Waals surface area contributed by atoms with Crippen molar-refractivity contribution in [2.24, 2.45) is 0 Å². The van der Waals surface area contributed by atoms with E-state index in [1.807, 2.05) is 12.1 Å². The molecule has 0 radical (unpaired) electrons. The van der Waals surface area contributed by atoms with Gasteiger partial charge >= 0.3 is 0 Å². The zero-order valence-corrected chi connectivity index (χ0v) is 15.2. The van der Waals surface area contributed by atoms with Gasteiger partial charge in [-0.05, 0) is 41.6 Å². The fraction of sp³-hybridized carbons (Fsp3) is 0.500. The van der Waals surface area contributed by atoms with Crippen molar-refractivity contribution >= 4 is 46.2 Å². The summed E-state index contributed by atoms with van der Waals surface area (Å²) in [6.45, 7) is 2.09. The Hall–Kier alpha value is -0.560. The standard InChI is InChI=1S/C16H20INO2S/c1-2-7-14(21-11-6-5-10-17)18-15(19)12-8-3-4-9-13(12)16(18)20/h3-4,8-9,14H,2,5-7,10-11H2,1H3. The number of carbonyl (C=O) groups is 2. The van der Waals surface area contributed by atoms with Crippen LogP contribution in [0.1, 0.15) is 53.3 Å². The second-order valence-electron chi connectivity index (χ2n) is 5.04. The quantitative estimate of drug-likeness (QED) is 0.273. The third kappa shape index (κ3) is 3.80. The van der Waals surface area contributed by atoms with E-state index in [4.69, 9.17) is 0 Å². The van der Waals surface area contributed by atoms with Gasteiger partial charge < -0.3 is 0 Å². The molecule has 1 atom stereocenters. The maximum Gasteiger partial charge on any atom is 0.262 e. The highest BCUT2D eigenvalue weighted by atomic mass is 127. The number of alkyl halides is 1. The lowest BCUT2D eigenvalue weighted by Gasteiger charge is -2.25. The van der Waals surface area contributed by atoms with Crippen LogP contribution < -0.4 is 0 Å². The topological polar surface area (TPSA) is 37.4 Å². The first-order chi connectivity index (χ1) is 10.2. The molecular formula is C16H20INO2S. The average Bonchev–Trinajstić information content (AvgIpc) is 2.75. The van der Waals surface area contributed by atoms with Crippen LogP contribution in [-0.2, 0) is 0 Å². The molecule has 114 valence electrons. The summed E-state index contributed by atoms with van der Waals surface area (Å²) in [5.74, 6) is 0.743. The molecule has 1 aromatic rings. The van der Waals surface area contributed by atoms with E-state index in [1.165, 1.54) is 11.3 Å². The van der Waals surface area contributed by atoms with Crippen molar-refractivity contribution in [1.82, 2.24) is 4.90 Å². The number of fused-ring (bicyclic) bond motifs is 1. The Balaban J connectivity index is 2.10. The summed E-state index contributed by atoms with van der Waals surface area (Å²) in [5, 5.41) is -0.0309. The molecule has 1 aliphatic heterocycles. The smallest absolute Gasteiger partial charge is 0.262 e. The Labute approximate surface area is 144 Å². The number of amides is 2. The Morgan fingerprint density at radius 2 is 1.76 bits per heavy atom. The van der Waals surface area contributed by atoms with Crippen LogP contribution in [0.3, 0.4) is 0 Å². The maximum atomic E-state index is 12.5. The van der Waals surface area contributed by atoms with Crippen molar-refractivity contribution in [2.45, 2.75) is 38.0 Å². The molecule has 21 heavy (non-hydrogen) atoms. The fourth-order valence-electron chi connectivity index (χ4n) is 2.42. The molecule has 5 heteroatoms. The number of nitrogens with zero attached hydrogens (tertiary/aromatic N) is 1. The van der Waals surface area contributed by atoms with Crippen molar-refractivity contribution in [1.29, 1.82) is 0 Å². The molecule has 0 aliphatic carbocycles. The van der Waals surface area contributed by atoms with Gasteiger partial charge in [0.2, 0.25) is 0 Å². The van der Waals surface area contributed by atoms with Gasteiger partial charge in [0, 0.05) is 0 Å². The van der Waals surface area contributed by atoms with Crippen molar-refractivity contribution in [3.05, 3.63) is 35.4 Å². The summed E-state index contributed by atoms with van der Waals surface area (Å²) in [6, 6.07) is 7.13. The third-order valence-corrected chi connectivity index (χ3v) is 5.61. The third-order valence-electron chi connectivity index (χ3n) is 3.49. The summed E-state index contributed by atoms with van der Waals surface area (Å²) in [5.41, 5.74) is 1.10. The molecule has 0 bridgehead atoms. The van der Waals surface area contributed by atoms with Crippen LogP contribution in [0.4, 0.5) is 0 Å². The van der Waals surface area contributed by atoms with Crippen LogP contribution in [0.15, 0.2) is 24.3 Å². The van der Waals surface area contributed by atoms with Crippen molar-refractivity contribution in [3.63, 3.8) is 0 Å². The summed E-state index contributed by atoms with van der Waals surface area (Å²) in [6.07, 6.45) is 4.16. The molecule has 0 fully saturated rings. The zero-order chi connectivity index (χ0) is 15.2. The second-order valence-corrected chi connectivity index (χ2v) is 7.40. The number of benzene rings is 1. The first-order valence-corrected chi connectivity index (χ1v) is 9.92. The zero-order valence-electron chi connectivity index (χ0n) is 12.2. The van der Waals surface area contributed by atoms with Gasteiger partial charge in [0.15, 0.2) is 0 Å². The van der Waals surface area contributed by atoms with Gasteiger partial charge in [-0.15, -0.1) is 11.8 Å². The normalized spacial score (nSPS) is 15.4. The van der Waals surface area contributed by atoms with Crippen molar-refractivity contribution < 1.29 is 9.59 Å². The van der Waals surface area contributed by atoms with Gasteiger partial charge in [-0.3, -0.25) is 14.5 Å². The van der Waals surface area contributed by atoms with E-state index in [0.717, 1.165) is 29.4 Å². The van der Waals surface area contributed by atoms with Gasteiger partial charge in [0.25, 0.3) is 11.8 Å². The molecule has 3 nitrogen and oxygen atoms in total. The predicted octanol–water partition coefficient (Wildman–Crippen LogP) is 4.36. The summed E-state index contributed by atoms with van der Waals surface area (Å²) >= 11 is 4.12. The van der Waals surface area contributed by atoms with Gasteiger partial charge in [-0.2, -0.15) is 0 Å². The van der Waals surface area contributed by atoms with Crippen LogP contribution in [0.2, 0.25) is 0 Å². The number of carbonyl (C=O) groups excluding carboxylic acids is 2. The monoisotopic (exact) mass is 417 g/mol. The molecule has 2 amide bonds. The molecule has 1 aliphatic rings. The molecule has 2 rings (SSSR count). The van der Waals surface area contributed by atoms with Gasteiger partial charge in [-0.25, -0.2) is 0 Å². The van der Waals surface area contributed by atoms with Gasteiger partial charge in [-0.1, -0.05) is 48.1 Å². The summed E-state index contributed by atoms with van der Waals surface area (Å²) < 4.78 is 1.16. The van der Waals surface area contributed by atoms with E-state index in [-0.39, 0.29) is 17.2 Å². The van der Waals surface area contributed by atoms with E-state index in [0.29, 0.717) is 11.1 Å². The molecule has 1 aromatic carbocycles. The number of halogens is 1. The molecule has 0 saturated carbocycles. The minimum Gasteiger partial charge on any atom is -0.269 e. The Morgan fingerprint density at radius 3 is 2.29 bits per heavy atom. The summed E-state index contributed by atoms with van der Waals surface area (Å²) in [4.78, 5) is 26.5. The Kier molecular flexibility index (Phi) is 6.54. The predicted molar refractivity (Wildman–Crippen MR) is 96.2 cm³/mol. The summed E-state index contributed by atoms with van der Waals surface area (Å²) in [7, 11) is 0. The molecule has 0 saturated heterocycles. The highest BCUT2D eigenvalue weighted by Crippen LogP contribution is 2.31. The first kappa shape index (κ1) is 16.8. The Bertz CT molecular complexity index is 486. The minimum absolute atomic E-state index is 0.0309. The van der Waals surface area contributed by atoms with E-state index in [1.54, 1.807) is 23.9 Å². The molecule has 0 spiro atoms. The maximum absolute atomic E-state index is 12.5. The number of thioether (sulfide) groups is 1. The lowest BCUT2D eigenvalue weighted by Crippen LogP contribution is -2.38. The first-order valence-electron chi connectivity index (χ1n) is 7.35. The number of unbranched alkanes of at least 4 members (excludes halogenated alkanes) is 1. The molecule has 0 aromatic heterocycles. The largest absolute Gasteiger partial charge is 0.269 e. The number of rotatable bonds is 8. The molecule has 1 unspecified atom stereocenters. The molecule has 1 heterocycles. The molecule has 0 N–H and O–H groups in total. The highest BCUT2D eigenvalue weighted by molar-refractivity contribution is 14.1. The van der Waals surface area contributed by atoms with Crippen molar-refractivity contribution in [2.75, 3.05) is 10.2 Å². The number of imide groups is 1.